The summed E-state index contributed by atoms with van der Waals surface area (Å²) < 4.78 is 2.23. The van der Waals surface area contributed by atoms with Crippen molar-refractivity contribution in [2.75, 3.05) is 20.1 Å². The lowest BCUT2D eigenvalue weighted by Gasteiger charge is -2.26. The number of hydrogen-bond acceptors (Lipinski definition) is 3. The third-order valence-electron chi connectivity index (χ3n) is 3.72. The zero-order valence-electron chi connectivity index (χ0n) is 11.0. The molecule has 1 aliphatic rings. The Morgan fingerprint density at radius 1 is 1.47 bits per heavy atom. The Morgan fingerprint density at radius 3 is 3.18 bits per heavy atom. The molecule has 1 fully saturated rings. The summed E-state index contributed by atoms with van der Waals surface area (Å²) in [5.41, 5.74) is 1.33. The van der Waals surface area contributed by atoms with Crippen molar-refractivity contribution >= 4 is 0 Å². The molecule has 2 heterocycles. The zero-order chi connectivity index (χ0) is 12.1. The highest BCUT2D eigenvalue weighted by atomic mass is 15.2. The van der Waals surface area contributed by atoms with E-state index in [0.29, 0.717) is 6.04 Å². The van der Waals surface area contributed by atoms with Crippen LogP contribution < -0.4 is 5.32 Å². The second kappa shape index (κ2) is 6.17. The van der Waals surface area contributed by atoms with Crippen molar-refractivity contribution in [3.8, 4) is 0 Å². The van der Waals surface area contributed by atoms with Crippen LogP contribution in [-0.4, -0.2) is 40.6 Å². The summed E-state index contributed by atoms with van der Waals surface area (Å²) in [6, 6.07) is 0.713. The van der Waals surface area contributed by atoms with Gasteiger partial charge in [-0.3, -0.25) is 4.90 Å². The third kappa shape index (κ3) is 3.30. The number of rotatable bonds is 4. The molecule has 1 aromatic rings. The molecule has 0 radical (unpaired) electrons. The lowest BCUT2D eigenvalue weighted by molar-refractivity contribution is 0.212. The smallest absolute Gasteiger partial charge is 0.0948 e. The molecule has 1 unspecified atom stereocenters. The standard InChI is InChI=1S/C13H24N4/c1-3-17-11-15-9-13(17)10-16(2)12-5-4-7-14-8-6-12/h9,11-12,14H,3-8,10H2,1-2H3. The first-order chi connectivity index (χ1) is 8.31. The minimum atomic E-state index is 0.713. The number of hydrogen-bond donors (Lipinski definition) is 1. The molecule has 1 atom stereocenters. The van der Waals surface area contributed by atoms with Gasteiger partial charge in [-0.15, -0.1) is 0 Å². The zero-order valence-corrected chi connectivity index (χ0v) is 11.0. The first kappa shape index (κ1) is 12.6. The van der Waals surface area contributed by atoms with Crippen LogP contribution in [0.15, 0.2) is 12.5 Å². The molecule has 1 aromatic heterocycles. The largest absolute Gasteiger partial charge is 0.334 e. The van der Waals surface area contributed by atoms with Crippen LogP contribution in [0.1, 0.15) is 31.9 Å². The molecule has 0 aliphatic carbocycles. The highest BCUT2D eigenvalue weighted by Crippen LogP contribution is 2.14. The molecule has 2 rings (SSSR count). The number of nitrogens with zero attached hydrogens (tertiary/aromatic N) is 3. The Balaban J connectivity index is 1.93. The summed E-state index contributed by atoms with van der Waals surface area (Å²) in [6.45, 7) is 6.52. The molecule has 1 N–H and O–H groups in total. The van der Waals surface area contributed by atoms with Crippen LogP contribution in [0.5, 0.6) is 0 Å². The Kier molecular flexibility index (Phi) is 4.57. The molecule has 4 heteroatoms. The van der Waals surface area contributed by atoms with Gasteiger partial charge in [0.1, 0.15) is 0 Å². The average Bonchev–Trinajstić information content (AvgIpc) is 2.62. The maximum atomic E-state index is 4.23. The Hall–Kier alpha value is -0.870. The van der Waals surface area contributed by atoms with E-state index in [9.17, 15) is 0 Å². The molecule has 0 saturated carbocycles. The average molecular weight is 236 g/mol. The lowest BCUT2D eigenvalue weighted by Crippen LogP contribution is -2.32. The molecular formula is C13H24N4. The van der Waals surface area contributed by atoms with Gasteiger partial charge >= 0.3 is 0 Å². The molecule has 4 nitrogen and oxygen atoms in total. The van der Waals surface area contributed by atoms with Gasteiger partial charge in [0.25, 0.3) is 0 Å². The van der Waals surface area contributed by atoms with Gasteiger partial charge in [0, 0.05) is 25.3 Å². The highest BCUT2D eigenvalue weighted by Gasteiger charge is 2.17. The molecule has 1 aliphatic heterocycles. The number of nitrogens with one attached hydrogen (secondary N) is 1. The van der Waals surface area contributed by atoms with Crippen LogP contribution in [0.25, 0.3) is 0 Å². The molecular weight excluding hydrogens is 212 g/mol. The van der Waals surface area contributed by atoms with Gasteiger partial charge in [-0.05, 0) is 46.3 Å². The van der Waals surface area contributed by atoms with E-state index in [1.165, 1.54) is 31.5 Å². The van der Waals surface area contributed by atoms with Gasteiger partial charge in [-0.25, -0.2) is 4.98 Å². The van der Waals surface area contributed by atoms with E-state index < -0.39 is 0 Å². The van der Waals surface area contributed by atoms with E-state index in [1.54, 1.807) is 0 Å². The van der Waals surface area contributed by atoms with Gasteiger partial charge in [0.05, 0.1) is 12.0 Å². The fourth-order valence-corrected chi connectivity index (χ4v) is 2.59. The van der Waals surface area contributed by atoms with Crippen molar-refractivity contribution in [2.45, 2.75) is 45.3 Å². The lowest BCUT2D eigenvalue weighted by atomic mass is 10.1. The van der Waals surface area contributed by atoms with Crippen LogP contribution in [0, 0.1) is 0 Å². The van der Waals surface area contributed by atoms with Crippen molar-refractivity contribution in [2.24, 2.45) is 0 Å². The van der Waals surface area contributed by atoms with Crippen molar-refractivity contribution in [1.82, 2.24) is 19.8 Å². The van der Waals surface area contributed by atoms with Crippen molar-refractivity contribution in [1.29, 1.82) is 0 Å². The molecule has 0 aromatic carbocycles. The predicted octanol–water partition coefficient (Wildman–Crippen LogP) is 1.48. The first-order valence-electron chi connectivity index (χ1n) is 6.71. The van der Waals surface area contributed by atoms with Crippen LogP contribution in [0.4, 0.5) is 0 Å². The van der Waals surface area contributed by atoms with E-state index in [-0.39, 0.29) is 0 Å². The minimum absolute atomic E-state index is 0.713. The minimum Gasteiger partial charge on any atom is -0.334 e. The SMILES string of the molecule is CCn1cncc1CN(C)C1CCCNCC1. The summed E-state index contributed by atoms with van der Waals surface area (Å²) in [7, 11) is 2.24. The second-order valence-electron chi connectivity index (χ2n) is 4.92. The summed E-state index contributed by atoms with van der Waals surface area (Å²) in [5.74, 6) is 0. The van der Waals surface area contributed by atoms with E-state index in [2.05, 4.69) is 33.7 Å². The van der Waals surface area contributed by atoms with Gasteiger partial charge in [0.2, 0.25) is 0 Å². The van der Waals surface area contributed by atoms with Gasteiger partial charge in [-0.2, -0.15) is 0 Å². The molecule has 0 bridgehead atoms. The molecule has 17 heavy (non-hydrogen) atoms. The van der Waals surface area contributed by atoms with E-state index in [1.807, 2.05) is 12.5 Å². The second-order valence-corrected chi connectivity index (χ2v) is 4.92. The quantitative estimate of drug-likeness (QED) is 0.859. The topological polar surface area (TPSA) is 33.1 Å². The van der Waals surface area contributed by atoms with Crippen LogP contribution in [0.2, 0.25) is 0 Å². The molecule has 1 saturated heterocycles. The number of aromatic nitrogens is 2. The normalized spacial score (nSPS) is 21.7. The van der Waals surface area contributed by atoms with Crippen LogP contribution in [0.3, 0.4) is 0 Å². The van der Waals surface area contributed by atoms with Crippen LogP contribution >= 0.6 is 0 Å². The Bertz CT molecular complexity index is 326. The third-order valence-corrected chi connectivity index (χ3v) is 3.72. The fraction of sp³-hybridized carbons (Fsp3) is 0.769. The number of aryl methyl sites for hydroxylation is 1. The summed E-state index contributed by atoms with van der Waals surface area (Å²) in [4.78, 5) is 6.72. The maximum Gasteiger partial charge on any atom is 0.0948 e. The van der Waals surface area contributed by atoms with Crippen LogP contribution in [-0.2, 0) is 13.1 Å². The van der Waals surface area contributed by atoms with Gasteiger partial charge < -0.3 is 9.88 Å². The first-order valence-corrected chi connectivity index (χ1v) is 6.71. The highest BCUT2D eigenvalue weighted by molar-refractivity contribution is 4.98. The van der Waals surface area contributed by atoms with E-state index in [4.69, 9.17) is 0 Å². The Morgan fingerprint density at radius 2 is 2.35 bits per heavy atom. The molecule has 96 valence electrons. The Labute approximate surface area is 104 Å². The molecule has 0 amide bonds. The van der Waals surface area contributed by atoms with Crippen molar-refractivity contribution in [3.05, 3.63) is 18.2 Å². The fourth-order valence-electron chi connectivity index (χ4n) is 2.59. The molecule has 0 spiro atoms. The van der Waals surface area contributed by atoms with E-state index in [0.717, 1.165) is 19.6 Å². The summed E-state index contributed by atoms with van der Waals surface area (Å²) in [5, 5.41) is 3.47. The predicted molar refractivity (Wildman–Crippen MR) is 69.9 cm³/mol. The maximum absolute atomic E-state index is 4.23. The summed E-state index contributed by atoms with van der Waals surface area (Å²) >= 11 is 0. The monoisotopic (exact) mass is 236 g/mol. The van der Waals surface area contributed by atoms with Gasteiger partial charge in [0.15, 0.2) is 0 Å². The van der Waals surface area contributed by atoms with Gasteiger partial charge in [-0.1, -0.05) is 0 Å². The van der Waals surface area contributed by atoms with E-state index >= 15 is 0 Å². The summed E-state index contributed by atoms with van der Waals surface area (Å²) in [6.07, 6.45) is 7.79. The number of imidazole rings is 1. The van der Waals surface area contributed by atoms with Crippen molar-refractivity contribution in [3.63, 3.8) is 0 Å². The van der Waals surface area contributed by atoms with Crippen molar-refractivity contribution < 1.29 is 0 Å².